The zero-order chi connectivity index (χ0) is 22.0. The Hall–Kier alpha value is -2.93. The summed E-state index contributed by atoms with van der Waals surface area (Å²) in [6.45, 7) is 8.14. The summed E-state index contributed by atoms with van der Waals surface area (Å²) in [5.74, 6) is 0.187. The number of nitrogens with zero attached hydrogens (tertiary/aromatic N) is 3. The number of amides is 1. The van der Waals surface area contributed by atoms with Crippen molar-refractivity contribution >= 4 is 17.3 Å². The minimum atomic E-state index is -0.363. The molecule has 2 aliphatic heterocycles. The van der Waals surface area contributed by atoms with E-state index in [4.69, 9.17) is 0 Å². The number of rotatable bonds is 6. The van der Waals surface area contributed by atoms with E-state index in [1.165, 1.54) is 5.56 Å². The lowest BCUT2D eigenvalue weighted by atomic mass is 9.83. The molecule has 0 spiro atoms. The lowest BCUT2D eigenvalue weighted by Crippen LogP contribution is -2.61. The number of nitrogens with one attached hydrogen (secondary N) is 1. The lowest BCUT2D eigenvalue weighted by molar-refractivity contribution is -0.384. The lowest BCUT2D eigenvalue weighted by Gasteiger charge is -2.49. The summed E-state index contributed by atoms with van der Waals surface area (Å²) in [5.41, 5.74) is 3.28. The molecule has 2 atom stereocenters. The zero-order valence-corrected chi connectivity index (χ0v) is 18.2. The Morgan fingerprint density at radius 2 is 1.97 bits per heavy atom. The Morgan fingerprint density at radius 1 is 1.19 bits per heavy atom. The summed E-state index contributed by atoms with van der Waals surface area (Å²) in [4.78, 5) is 28.8. The largest absolute Gasteiger partial charge is 0.365 e. The molecular formula is C24H30N4O3. The number of anilines is 1. The Morgan fingerprint density at radius 3 is 2.68 bits per heavy atom. The average Bonchev–Trinajstić information content (AvgIpc) is 2.77. The van der Waals surface area contributed by atoms with Crippen LogP contribution in [0.25, 0.3) is 0 Å². The van der Waals surface area contributed by atoms with Gasteiger partial charge in [-0.05, 0) is 29.5 Å². The maximum absolute atomic E-state index is 13.2. The van der Waals surface area contributed by atoms with Crippen LogP contribution >= 0.6 is 0 Å². The van der Waals surface area contributed by atoms with Gasteiger partial charge in [-0.25, -0.2) is 0 Å². The third kappa shape index (κ3) is 4.71. The van der Waals surface area contributed by atoms with E-state index in [1.807, 2.05) is 12.1 Å². The molecular weight excluding hydrogens is 392 g/mol. The predicted octanol–water partition coefficient (Wildman–Crippen LogP) is 3.23. The van der Waals surface area contributed by atoms with Crippen molar-refractivity contribution in [2.24, 2.45) is 11.8 Å². The molecule has 7 heteroatoms. The van der Waals surface area contributed by atoms with Gasteiger partial charge in [-0.15, -0.1) is 0 Å². The van der Waals surface area contributed by atoms with Crippen molar-refractivity contribution in [3.8, 4) is 0 Å². The molecule has 1 N–H and O–H groups in total. The number of non-ortho nitro benzene ring substituents is 1. The predicted molar refractivity (Wildman–Crippen MR) is 121 cm³/mol. The first kappa shape index (κ1) is 21.3. The van der Waals surface area contributed by atoms with Crippen molar-refractivity contribution in [2.75, 3.05) is 31.1 Å². The van der Waals surface area contributed by atoms with Crippen LogP contribution in [0.3, 0.4) is 0 Å². The molecule has 1 saturated heterocycles. The van der Waals surface area contributed by atoms with Crippen molar-refractivity contribution in [3.05, 3.63) is 69.8 Å². The van der Waals surface area contributed by atoms with Crippen molar-refractivity contribution in [1.82, 2.24) is 10.2 Å². The third-order valence-corrected chi connectivity index (χ3v) is 6.26. The summed E-state index contributed by atoms with van der Waals surface area (Å²) in [7, 11) is 0. The van der Waals surface area contributed by atoms with E-state index in [9.17, 15) is 14.9 Å². The van der Waals surface area contributed by atoms with Gasteiger partial charge < -0.3 is 10.2 Å². The smallest absolute Gasteiger partial charge is 0.269 e. The first-order valence-corrected chi connectivity index (χ1v) is 11.0. The minimum Gasteiger partial charge on any atom is -0.365 e. The molecule has 2 aromatic carbocycles. The fourth-order valence-corrected chi connectivity index (χ4v) is 4.70. The maximum Gasteiger partial charge on any atom is 0.269 e. The van der Waals surface area contributed by atoms with Gasteiger partial charge in [0.2, 0.25) is 5.91 Å². The van der Waals surface area contributed by atoms with Crippen LogP contribution in [0.2, 0.25) is 0 Å². The summed E-state index contributed by atoms with van der Waals surface area (Å²) in [6, 6.07) is 15.5. The zero-order valence-electron chi connectivity index (χ0n) is 18.2. The molecule has 0 aromatic heterocycles. The number of benzene rings is 2. The van der Waals surface area contributed by atoms with Crippen LogP contribution in [0.1, 0.15) is 25.0 Å². The van der Waals surface area contributed by atoms with Crippen LogP contribution in [0.15, 0.2) is 48.5 Å². The maximum atomic E-state index is 13.2. The average molecular weight is 423 g/mol. The Bertz CT molecular complexity index is 947. The number of nitro benzene ring substituents is 1. The second-order valence-electron chi connectivity index (χ2n) is 9.00. The monoisotopic (exact) mass is 422 g/mol. The van der Waals surface area contributed by atoms with E-state index in [1.54, 1.807) is 12.1 Å². The van der Waals surface area contributed by atoms with Crippen molar-refractivity contribution in [2.45, 2.75) is 32.9 Å². The number of carbonyl (C=O) groups excluding carboxylic acids is 1. The molecule has 0 aliphatic carbocycles. The topological polar surface area (TPSA) is 78.7 Å². The van der Waals surface area contributed by atoms with E-state index in [0.29, 0.717) is 18.9 Å². The molecule has 7 nitrogen and oxygen atoms in total. The van der Waals surface area contributed by atoms with Gasteiger partial charge in [0.25, 0.3) is 5.69 Å². The molecule has 164 valence electrons. The van der Waals surface area contributed by atoms with Gasteiger partial charge in [0.1, 0.15) is 0 Å². The highest BCUT2D eigenvalue weighted by molar-refractivity contribution is 5.82. The molecule has 0 saturated carbocycles. The van der Waals surface area contributed by atoms with Gasteiger partial charge in [0.05, 0.1) is 16.9 Å². The van der Waals surface area contributed by atoms with E-state index in [-0.39, 0.29) is 28.5 Å². The van der Waals surface area contributed by atoms with Crippen LogP contribution in [-0.2, 0) is 17.8 Å². The van der Waals surface area contributed by atoms with Crippen molar-refractivity contribution in [3.63, 3.8) is 0 Å². The molecule has 0 unspecified atom stereocenters. The molecule has 0 bridgehead atoms. The third-order valence-electron chi connectivity index (χ3n) is 6.26. The van der Waals surface area contributed by atoms with Crippen LogP contribution in [0.5, 0.6) is 0 Å². The molecule has 2 heterocycles. The van der Waals surface area contributed by atoms with Gasteiger partial charge >= 0.3 is 0 Å². The van der Waals surface area contributed by atoms with E-state index in [0.717, 1.165) is 37.4 Å². The SMILES string of the molecule is CC(C)CNC(=O)[C@@H]1Cc2cc([N+](=O)[O-])ccc2N2CCN(Cc3ccccc3)C[C@H]12. The Balaban J connectivity index is 1.60. The fraction of sp³-hybridized carbons (Fsp3) is 0.458. The van der Waals surface area contributed by atoms with Crippen LogP contribution < -0.4 is 10.2 Å². The molecule has 0 radical (unpaired) electrons. The van der Waals surface area contributed by atoms with E-state index >= 15 is 0 Å². The Kier molecular flexibility index (Phi) is 6.23. The van der Waals surface area contributed by atoms with E-state index in [2.05, 4.69) is 53.2 Å². The van der Waals surface area contributed by atoms with E-state index < -0.39 is 0 Å². The highest BCUT2D eigenvalue weighted by atomic mass is 16.6. The molecule has 4 rings (SSSR count). The number of hydrogen-bond acceptors (Lipinski definition) is 5. The van der Waals surface area contributed by atoms with Gasteiger partial charge in [-0.1, -0.05) is 44.2 Å². The van der Waals surface area contributed by atoms with Gasteiger partial charge in [0.15, 0.2) is 0 Å². The standard InChI is InChI=1S/C24H30N4O3/c1-17(2)14-25-24(29)21-13-19-12-20(28(30)31)8-9-22(19)27-11-10-26(16-23(21)27)15-18-6-4-3-5-7-18/h3-9,12,17,21,23H,10-11,13-16H2,1-2H3,(H,25,29)/t21-,23-/m1/s1. The summed E-state index contributed by atoms with van der Waals surface area (Å²) >= 11 is 0. The molecule has 31 heavy (non-hydrogen) atoms. The number of fused-ring (bicyclic) bond motifs is 3. The van der Waals surface area contributed by atoms with Crippen LogP contribution in [0, 0.1) is 22.0 Å². The number of nitro groups is 1. The van der Waals surface area contributed by atoms with Crippen molar-refractivity contribution in [1.29, 1.82) is 0 Å². The van der Waals surface area contributed by atoms with Gasteiger partial charge in [0, 0.05) is 50.5 Å². The first-order chi connectivity index (χ1) is 14.9. The normalized spacial score (nSPS) is 20.8. The number of piperazine rings is 1. The molecule has 1 amide bonds. The highest BCUT2D eigenvalue weighted by Crippen LogP contribution is 2.38. The fourth-order valence-electron chi connectivity index (χ4n) is 4.70. The molecule has 1 fully saturated rings. The number of hydrogen-bond donors (Lipinski definition) is 1. The van der Waals surface area contributed by atoms with Crippen molar-refractivity contribution < 1.29 is 9.72 Å². The van der Waals surface area contributed by atoms with Gasteiger partial charge in [-0.3, -0.25) is 19.8 Å². The molecule has 2 aliphatic rings. The van der Waals surface area contributed by atoms with Gasteiger partial charge in [-0.2, -0.15) is 0 Å². The highest BCUT2D eigenvalue weighted by Gasteiger charge is 2.41. The molecule has 2 aromatic rings. The second-order valence-corrected chi connectivity index (χ2v) is 9.00. The minimum absolute atomic E-state index is 0.0439. The van der Waals surface area contributed by atoms with Crippen LogP contribution in [-0.4, -0.2) is 48.0 Å². The summed E-state index contributed by atoms with van der Waals surface area (Å²) < 4.78 is 0. The van der Waals surface area contributed by atoms with Crippen LogP contribution in [0.4, 0.5) is 11.4 Å². The summed E-state index contributed by atoms with van der Waals surface area (Å²) in [6.07, 6.45) is 0.529. The number of carbonyl (C=O) groups is 1. The summed E-state index contributed by atoms with van der Waals surface area (Å²) in [5, 5.41) is 14.4. The quantitative estimate of drug-likeness (QED) is 0.571. The second kappa shape index (κ2) is 9.06. The Labute approximate surface area is 183 Å². The first-order valence-electron chi connectivity index (χ1n) is 11.0.